The Morgan fingerprint density at radius 1 is 1.21 bits per heavy atom. The van der Waals surface area contributed by atoms with E-state index in [0.717, 1.165) is 0 Å². The number of rotatable bonds is 4. The van der Waals surface area contributed by atoms with Crippen LogP contribution in [0.4, 0.5) is 5.69 Å². The first-order valence-electron chi connectivity index (χ1n) is 9.43. The van der Waals surface area contributed by atoms with Crippen LogP contribution in [0.3, 0.4) is 0 Å². The van der Waals surface area contributed by atoms with Gasteiger partial charge in [-0.1, -0.05) is 6.07 Å². The first-order valence-corrected chi connectivity index (χ1v) is 11.0. The molecule has 0 aromatic heterocycles. The monoisotopic (exact) mass is 410 g/mol. The van der Waals surface area contributed by atoms with Gasteiger partial charge in [0.25, 0.3) is 5.91 Å². The van der Waals surface area contributed by atoms with E-state index in [-0.39, 0.29) is 29.4 Å². The Kier molecular flexibility index (Phi) is 5.95. The average Bonchev–Trinajstić information content (AvgIpc) is 2.99. The van der Waals surface area contributed by atoms with Gasteiger partial charge in [-0.3, -0.25) is 9.10 Å². The maximum absolute atomic E-state index is 12.6. The lowest BCUT2D eigenvalue weighted by Crippen LogP contribution is -2.51. The molecule has 9 heteroatoms. The van der Waals surface area contributed by atoms with E-state index in [4.69, 9.17) is 9.47 Å². The lowest BCUT2D eigenvalue weighted by molar-refractivity contribution is -0.151. The van der Waals surface area contributed by atoms with Gasteiger partial charge in [0.2, 0.25) is 10.0 Å². The van der Waals surface area contributed by atoms with Gasteiger partial charge in [-0.15, -0.1) is 0 Å². The molecule has 2 aliphatic rings. The van der Waals surface area contributed by atoms with Crippen molar-refractivity contribution in [1.29, 1.82) is 0 Å². The molecule has 0 radical (unpaired) electrons. The van der Waals surface area contributed by atoms with Crippen molar-refractivity contribution >= 4 is 27.6 Å². The molecular weight excluding hydrogens is 384 g/mol. The molecule has 28 heavy (non-hydrogen) atoms. The normalized spacial score (nSPS) is 25.4. The van der Waals surface area contributed by atoms with Gasteiger partial charge in [-0.05, 0) is 45.4 Å². The molecule has 3 rings (SSSR count). The van der Waals surface area contributed by atoms with E-state index in [1.807, 2.05) is 13.8 Å². The van der Waals surface area contributed by atoms with Crippen molar-refractivity contribution in [2.75, 3.05) is 29.7 Å². The number of anilines is 1. The maximum Gasteiger partial charge on any atom is 0.338 e. The van der Waals surface area contributed by atoms with Crippen LogP contribution in [0.2, 0.25) is 0 Å². The molecule has 3 atom stereocenters. The second-order valence-corrected chi connectivity index (χ2v) is 9.35. The Morgan fingerprint density at radius 2 is 1.89 bits per heavy atom. The van der Waals surface area contributed by atoms with Crippen molar-refractivity contribution in [3.8, 4) is 0 Å². The van der Waals surface area contributed by atoms with Gasteiger partial charge in [-0.2, -0.15) is 0 Å². The number of benzene rings is 1. The number of nitrogens with zero attached hydrogens (tertiary/aromatic N) is 2. The number of hydrogen-bond acceptors (Lipinski definition) is 6. The fraction of sp³-hybridized carbons (Fsp3) is 0.579. The fourth-order valence-corrected chi connectivity index (χ4v) is 5.17. The summed E-state index contributed by atoms with van der Waals surface area (Å²) in [6.45, 7) is 6.62. The number of sulfonamides is 1. The molecule has 0 saturated carbocycles. The molecule has 1 aromatic rings. The highest BCUT2D eigenvalue weighted by molar-refractivity contribution is 7.93. The quantitative estimate of drug-likeness (QED) is 0.697. The van der Waals surface area contributed by atoms with Crippen LogP contribution < -0.4 is 4.31 Å². The summed E-state index contributed by atoms with van der Waals surface area (Å²) >= 11 is 0. The van der Waals surface area contributed by atoms with E-state index in [2.05, 4.69) is 0 Å². The second kappa shape index (κ2) is 8.08. The average molecular weight is 410 g/mol. The third-order valence-corrected chi connectivity index (χ3v) is 6.70. The number of esters is 1. The topological polar surface area (TPSA) is 93.2 Å². The number of ether oxygens (including phenoxy) is 2. The molecule has 0 bridgehead atoms. The van der Waals surface area contributed by atoms with Crippen molar-refractivity contribution in [2.24, 2.45) is 0 Å². The number of carbonyl (C=O) groups is 2. The highest BCUT2D eigenvalue weighted by Crippen LogP contribution is 2.25. The van der Waals surface area contributed by atoms with E-state index >= 15 is 0 Å². The number of carbonyl (C=O) groups excluding carboxylic acids is 2. The summed E-state index contributed by atoms with van der Waals surface area (Å²) in [6.07, 6.45) is -0.535. The van der Waals surface area contributed by atoms with Gasteiger partial charge in [0.1, 0.15) is 0 Å². The van der Waals surface area contributed by atoms with Crippen LogP contribution in [0, 0.1) is 0 Å². The van der Waals surface area contributed by atoms with Crippen LogP contribution >= 0.6 is 0 Å². The summed E-state index contributed by atoms with van der Waals surface area (Å²) in [6, 6.07) is 6.29. The fourth-order valence-electron chi connectivity index (χ4n) is 3.61. The van der Waals surface area contributed by atoms with Crippen molar-refractivity contribution in [3.05, 3.63) is 29.8 Å². The summed E-state index contributed by atoms with van der Waals surface area (Å²) in [5, 5.41) is 0. The zero-order valence-corrected chi connectivity index (χ0v) is 17.1. The number of amides is 1. The van der Waals surface area contributed by atoms with Crippen LogP contribution in [-0.2, 0) is 24.3 Å². The second-order valence-electron chi connectivity index (χ2n) is 7.34. The molecule has 0 aliphatic carbocycles. The predicted molar refractivity (Wildman–Crippen MR) is 104 cm³/mol. The van der Waals surface area contributed by atoms with Crippen molar-refractivity contribution in [3.63, 3.8) is 0 Å². The van der Waals surface area contributed by atoms with Gasteiger partial charge < -0.3 is 14.4 Å². The molecule has 2 fully saturated rings. The van der Waals surface area contributed by atoms with E-state index in [9.17, 15) is 18.0 Å². The molecule has 0 spiro atoms. The van der Waals surface area contributed by atoms with Crippen LogP contribution in [0.1, 0.15) is 37.6 Å². The molecule has 2 aliphatic heterocycles. The van der Waals surface area contributed by atoms with Crippen LogP contribution in [-0.4, -0.2) is 68.9 Å². The van der Waals surface area contributed by atoms with Gasteiger partial charge in [0, 0.05) is 19.6 Å². The van der Waals surface area contributed by atoms with E-state index in [1.54, 1.807) is 30.0 Å². The highest BCUT2D eigenvalue weighted by atomic mass is 32.2. The van der Waals surface area contributed by atoms with Gasteiger partial charge in [0.05, 0.1) is 29.2 Å². The lowest BCUT2D eigenvalue weighted by Gasteiger charge is -2.36. The smallest absolute Gasteiger partial charge is 0.338 e. The maximum atomic E-state index is 12.6. The highest BCUT2D eigenvalue weighted by Gasteiger charge is 2.31. The first-order chi connectivity index (χ1) is 13.2. The summed E-state index contributed by atoms with van der Waals surface area (Å²) in [5.74, 6) is -0.828. The minimum atomic E-state index is -3.34. The lowest BCUT2D eigenvalue weighted by atomic mass is 10.2. The van der Waals surface area contributed by atoms with E-state index < -0.39 is 22.1 Å². The zero-order chi connectivity index (χ0) is 20.5. The summed E-state index contributed by atoms with van der Waals surface area (Å²) in [5.41, 5.74) is 0.643. The van der Waals surface area contributed by atoms with E-state index in [1.165, 1.54) is 10.4 Å². The minimum Gasteiger partial charge on any atom is -0.449 e. The molecule has 2 heterocycles. The van der Waals surface area contributed by atoms with Gasteiger partial charge in [0.15, 0.2) is 6.10 Å². The van der Waals surface area contributed by atoms with Gasteiger partial charge in [-0.25, -0.2) is 13.2 Å². The summed E-state index contributed by atoms with van der Waals surface area (Å²) < 4.78 is 36.4. The molecule has 2 saturated heterocycles. The third-order valence-electron chi connectivity index (χ3n) is 4.83. The van der Waals surface area contributed by atoms with Crippen LogP contribution in [0.25, 0.3) is 0 Å². The molecule has 3 unspecified atom stereocenters. The summed E-state index contributed by atoms with van der Waals surface area (Å²) in [7, 11) is -3.34. The van der Waals surface area contributed by atoms with Crippen molar-refractivity contribution in [2.45, 2.75) is 45.5 Å². The van der Waals surface area contributed by atoms with E-state index in [0.29, 0.717) is 31.7 Å². The summed E-state index contributed by atoms with van der Waals surface area (Å²) in [4.78, 5) is 26.8. The molecule has 154 valence electrons. The van der Waals surface area contributed by atoms with Crippen molar-refractivity contribution in [1.82, 2.24) is 4.90 Å². The minimum absolute atomic E-state index is 0.0744. The SMILES string of the molecule is CC1CN(C(=O)C(C)OC(=O)c2cccc(N3CCCS3(=O)=O)c2)CC(C)O1. The zero-order valence-electron chi connectivity index (χ0n) is 16.3. The molecular formula is C19H26N2O6S. The predicted octanol–water partition coefficient (Wildman–Crippen LogP) is 1.41. The molecule has 1 aromatic carbocycles. The third kappa shape index (κ3) is 4.47. The Morgan fingerprint density at radius 3 is 2.50 bits per heavy atom. The van der Waals surface area contributed by atoms with Crippen LogP contribution in [0.5, 0.6) is 0 Å². The van der Waals surface area contributed by atoms with Crippen molar-refractivity contribution < 1.29 is 27.5 Å². The number of hydrogen-bond donors (Lipinski definition) is 0. The molecule has 1 amide bonds. The Hall–Kier alpha value is -2.13. The first kappa shape index (κ1) is 20.6. The number of morpholine rings is 1. The standard InChI is InChI=1S/C19H26N2O6S/c1-13-11-20(12-14(2)26-13)18(22)15(3)27-19(23)16-6-4-7-17(10-16)21-8-5-9-28(21,24)25/h4,6-7,10,13-15H,5,8-9,11-12H2,1-3H3. The molecule has 8 nitrogen and oxygen atoms in total. The molecule has 0 N–H and O–H groups in total. The Bertz CT molecular complexity index is 846. The Labute approximate surface area is 165 Å². The largest absolute Gasteiger partial charge is 0.449 e. The van der Waals surface area contributed by atoms with Gasteiger partial charge >= 0.3 is 5.97 Å². The Balaban J connectivity index is 1.67. The van der Waals surface area contributed by atoms with Crippen LogP contribution in [0.15, 0.2) is 24.3 Å².